The summed E-state index contributed by atoms with van der Waals surface area (Å²) in [7, 11) is 4.17. The zero-order chi connectivity index (χ0) is 77.5. The Balaban J connectivity index is 0.000000130. The van der Waals surface area contributed by atoms with Crippen LogP contribution in [0.25, 0.3) is 0 Å². The summed E-state index contributed by atoms with van der Waals surface area (Å²) in [5.41, 5.74) is 24.8. The zero-order valence-electron chi connectivity index (χ0n) is 66.1. The van der Waals surface area contributed by atoms with E-state index in [1.807, 2.05) is 24.3 Å². The summed E-state index contributed by atoms with van der Waals surface area (Å²) in [6.07, 6.45) is 1.82. The summed E-state index contributed by atoms with van der Waals surface area (Å²) in [5.74, 6) is 7.96. The number of fused-ring (bicyclic) bond motifs is 8. The summed E-state index contributed by atoms with van der Waals surface area (Å²) in [6.45, 7) is 21.0. The molecule has 0 spiro atoms. The first-order chi connectivity index (χ1) is 55.7. The van der Waals surface area contributed by atoms with Crippen molar-refractivity contribution in [3.8, 4) is 46.0 Å². The van der Waals surface area contributed by atoms with Crippen LogP contribution in [0.1, 0.15) is 139 Å². The quantitative estimate of drug-likeness (QED) is 0.121. The van der Waals surface area contributed by atoms with E-state index in [4.69, 9.17) is 37.9 Å². The summed E-state index contributed by atoms with van der Waals surface area (Å²) in [4.78, 5) is 13.4. The predicted molar refractivity (Wildman–Crippen MR) is 473 cm³/mol. The van der Waals surface area contributed by atoms with Crippen molar-refractivity contribution in [1.29, 1.82) is 0 Å². The van der Waals surface area contributed by atoms with Crippen molar-refractivity contribution in [3.63, 3.8) is 0 Å². The number of nitrogens with zero attached hydrogens (tertiary/aromatic N) is 6. The maximum Gasteiger partial charge on any atom is 0.161 e. The molecule has 20 rings (SSSR count). The highest BCUT2D eigenvalue weighted by Crippen LogP contribution is 2.43. The molecular weight excluding hydrogens is 1450 g/mol. The van der Waals surface area contributed by atoms with Crippen molar-refractivity contribution < 1.29 is 37.9 Å². The van der Waals surface area contributed by atoms with E-state index in [0.29, 0.717) is 53.8 Å². The Morgan fingerprint density at radius 2 is 0.487 bits per heavy atom. The van der Waals surface area contributed by atoms with E-state index < -0.39 is 0 Å². The molecule has 8 aliphatic heterocycles. The number of anilines is 4. The van der Waals surface area contributed by atoms with Gasteiger partial charge in [0.15, 0.2) is 26.9 Å². The van der Waals surface area contributed by atoms with E-state index in [9.17, 15) is 0 Å². The lowest BCUT2D eigenvalue weighted by Gasteiger charge is -2.34. The molecule has 0 atom stereocenters. The Labute approximate surface area is 692 Å². The topological polar surface area (TPSA) is 117 Å². The van der Waals surface area contributed by atoms with E-state index in [1.165, 1.54) is 112 Å². The lowest BCUT2D eigenvalue weighted by molar-refractivity contribution is 0.121. The third-order valence-electron chi connectivity index (χ3n) is 22.9. The average Bonchev–Trinajstić information content (AvgIpc) is 0.768. The van der Waals surface area contributed by atoms with Gasteiger partial charge >= 0.3 is 0 Å². The van der Waals surface area contributed by atoms with Gasteiger partial charge in [-0.25, -0.2) is 0 Å². The van der Waals surface area contributed by atoms with E-state index in [-0.39, 0.29) is 33.1 Å². The van der Waals surface area contributed by atoms with Crippen molar-refractivity contribution in [2.75, 3.05) is 87.5 Å². The van der Waals surface area contributed by atoms with Crippen LogP contribution in [0.4, 0.5) is 22.7 Å². The molecule has 12 aromatic rings. The molecule has 8 aliphatic rings. The standard InChI is InChI=1S/C31H30N2O2.C29H26N2O2.C21H26N2O2.C17H18N2O2.3CH4/c1-31(2,25-13-15-29-23(17-25)19-32(21-34-29)27-9-5-3-6-10-27)26-14-16-30-24(18-26)20-33(22-35-30)28-11-7-4-8-12-28;1-3-7-26(8-4-1)30-18-24-16-22(11-13-28(24)32-20-30)15-23-12-14-29-25(17-23)19-31(21-33-29)27-9-5-2-6-10-27;1-21(2,17-5-7-19-15(9-17)11-22(3)13-24-19)18-6-8-20-16(10-18)12-23(4)14-25-20;1-3-16-14(8-18-10-20-16)6-12(1)5-13-2-4-17-15(7-13)9-19-11-21-17;;;/h3-18H,19-22H2,1-2H3;1-14,16-17H,15,18-21H2;5-10H,11-14H2,1-4H3;1-4,6-7,18-19H,5,8-11H2;3*1H4. The minimum Gasteiger partial charge on any atom is -0.478 e. The molecule has 117 heavy (non-hydrogen) atoms. The van der Waals surface area contributed by atoms with Crippen LogP contribution in [0.5, 0.6) is 46.0 Å². The number of rotatable bonds is 12. The molecule has 2 N–H and O–H groups in total. The molecule has 0 fully saturated rings. The summed E-state index contributed by atoms with van der Waals surface area (Å²) in [5, 5.41) is 6.45. The van der Waals surface area contributed by atoms with Crippen molar-refractivity contribution in [1.82, 2.24) is 20.4 Å². The van der Waals surface area contributed by atoms with Gasteiger partial charge in [-0.15, -0.1) is 0 Å². The van der Waals surface area contributed by atoms with Gasteiger partial charge in [-0.1, -0.05) is 183 Å². The maximum atomic E-state index is 6.10. The zero-order valence-corrected chi connectivity index (χ0v) is 66.1. The highest BCUT2D eigenvalue weighted by Gasteiger charge is 2.31. The number of hydrogen-bond donors (Lipinski definition) is 2. The molecule has 0 radical (unpaired) electrons. The fourth-order valence-electron chi connectivity index (χ4n) is 16.3. The van der Waals surface area contributed by atoms with E-state index in [0.717, 1.165) is 111 Å². The second-order valence-corrected chi connectivity index (χ2v) is 31.9. The van der Waals surface area contributed by atoms with Gasteiger partial charge in [-0.05, 0) is 205 Å². The Morgan fingerprint density at radius 3 is 0.769 bits per heavy atom. The van der Waals surface area contributed by atoms with Crippen LogP contribution < -0.4 is 68.1 Å². The van der Waals surface area contributed by atoms with Gasteiger partial charge in [0.25, 0.3) is 0 Å². The highest BCUT2D eigenvalue weighted by molar-refractivity contribution is 5.58. The van der Waals surface area contributed by atoms with E-state index in [2.05, 4.69) is 324 Å². The first-order valence-corrected chi connectivity index (χ1v) is 39.7. The third-order valence-corrected chi connectivity index (χ3v) is 22.9. The largest absolute Gasteiger partial charge is 0.478 e. The lowest BCUT2D eigenvalue weighted by Crippen LogP contribution is -2.32. The lowest BCUT2D eigenvalue weighted by atomic mass is 9.77. The van der Waals surface area contributed by atoms with Crippen LogP contribution in [0.15, 0.2) is 267 Å². The van der Waals surface area contributed by atoms with Gasteiger partial charge in [-0.3, -0.25) is 20.4 Å². The molecular formula is C101H112N8O8. The molecule has 16 heteroatoms. The predicted octanol–water partition coefficient (Wildman–Crippen LogP) is 20.4. The SMILES string of the molecule is C.C.C.CC(C)(c1ccc2c(c1)CN(c1ccccc1)CO2)c1ccc2c(c1)CN(c1ccccc1)CO2.CN1COc2ccc(C(C)(C)c3ccc4c(c3)CN(C)CO4)cc2C1.c1cc2c(cc1Cc1ccc3c(c1)CNCO3)CNCO2.c1ccc(N2COc3ccc(Cc4ccc5c(c4)CN(c4ccccc4)CO5)cc3C2)cc1. The van der Waals surface area contributed by atoms with E-state index >= 15 is 0 Å². The van der Waals surface area contributed by atoms with Crippen molar-refractivity contribution in [2.45, 2.75) is 126 Å². The van der Waals surface area contributed by atoms with E-state index in [1.54, 1.807) is 0 Å². The van der Waals surface area contributed by atoms with Crippen LogP contribution in [0.2, 0.25) is 0 Å². The molecule has 0 aliphatic carbocycles. The third kappa shape index (κ3) is 18.8. The molecule has 0 aromatic heterocycles. The smallest absolute Gasteiger partial charge is 0.161 e. The second kappa shape index (κ2) is 36.5. The fraction of sp³-hybridized carbons (Fsp3) is 0.287. The highest BCUT2D eigenvalue weighted by atomic mass is 16.5. The average molecular weight is 1570 g/mol. The Morgan fingerprint density at radius 1 is 0.256 bits per heavy atom. The van der Waals surface area contributed by atoms with Crippen LogP contribution in [-0.4, -0.2) is 77.7 Å². The number of benzene rings is 12. The van der Waals surface area contributed by atoms with Gasteiger partial charge in [0.05, 0.1) is 0 Å². The number of nitrogens with one attached hydrogen (secondary N) is 2. The minimum atomic E-state index is -0.159. The van der Waals surface area contributed by atoms with Gasteiger partial charge in [0.2, 0.25) is 0 Å². The molecule has 0 saturated heterocycles. The maximum absolute atomic E-state index is 6.10. The summed E-state index contributed by atoms with van der Waals surface area (Å²) >= 11 is 0. The molecule has 0 bridgehead atoms. The Hall–Kier alpha value is -11.9. The fourth-order valence-corrected chi connectivity index (χ4v) is 16.3. The molecule has 16 nitrogen and oxygen atoms in total. The van der Waals surface area contributed by atoms with Crippen molar-refractivity contribution in [2.24, 2.45) is 0 Å². The molecule has 0 amide bonds. The van der Waals surface area contributed by atoms with Crippen LogP contribution in [0, 0.1) is 0 Å². The van der Waals surface area contributed by atoms with Crippen LogP contribution in [0.3, 0.4) is 0 Å². The van der Waals surface area contributed by atoms with Crippen molar-refractivity contribution in [3.05, 3.63) is 356 Å². The van der Waals surface area contributed by atoms with Crippen LogP contribution >= 0.6 is 0 Å². The van der Waals surface area contributed by atoms with Gasteiger partial charge in [-0.2, -0.15) is 0 Å². The molecule has 0 saturated carbocycles. The number of hydrogen-bond acceptors (Lipinski definition) is 16. The number of ether oxygens (including phenoxy) is 8. The summed E-state index contributed by atoms with van der Waals surface area (Å²) in [6, 6.07) is 94.5. The molecule has 604 valence electrons. The summed E-state index contributed by atoms with van der Waals surface area (Å²) < 4.78 is 47.0. The molecule has 12 aromatic carbocycles. The van der Waals surface area contributed by atoms with Crippen molar-refractivity contribution >= 4 is 22.7 Å². The van der Waals surface area contributed by atoms with Gasteiger partial charge in [0, 0.05) is 130 Å². The number of para-hydroxylation sites is 4. The first-order valence-electron chi connectivity index (χ1n) is 39.7. The first kappa shape index (κ1) is 81.6. The van der Waals surface area contributed by atoms with Gasteiger partial charge in [0.1, 0.15) is 72.9 Å². The molecule has 8 heterocycles. The normalized spacial score (nSPS) is 15.4. The Bertz CT molecular complexity index is 5030. The van der Waals surface area contributed by atoms with Crippen LogP contribution in [-0.2, 0) is 76.0 Å². The Kier molecular flexibility index (Phi) is 25.5. The minimum absolute atomic E-state index is 0. The monoisotopic (exact) mass is 1560 g/mol. The molecule has 0 unspecified atom stereocenters. The van der Waals surface area contributed by atoms with Gasteiger partial charge < -0.3 is 57.5 Å². The second-order valence-electron chi connectivity index (χ2n) is 31.9.